The summed E-state index contributed by atoms with van der Waals surface area (Å²) in [5.41, 5.74) is 0. The zero-order valence-electron chi connectivity index (χ0n) is 28.3. The van der Waals surface area contributed by atoms with Crippen LogP contribution >= 0.6 is 31.4 Å². The van der Waals surface area contributed by atoms with Crippen LogP contribution in [0, 0.1) is 0 Å². The Morgan fingerprint density at radius 3 is 1.82 bits per heavy atom. The van der Waals surface area contributed by atoms with Crippen molar-refractivity contribution in [3.8, 4) is 0 Å². The van der Waals surface area contributed by atoms with E-state index >= 15 is 0 Å². The molecular weight excluding hydrogens is 615 g/mol. The second kappa shape index (κ2) is 34.0. The van der Waals surface area contributed by atoms with Crippen LogP contribution in [0.5, 0.6) is 0 Å². The van der Waals surface area contributed by atoms with Crippen molar-refractivity contribution in [3.63, 3.8) is 0 Å². The second-order valence-corrected chi connectivity index (χ2v) is 16.1. The number of hydrogen-bond donors (Lipinski definition) is 1. The van der Waals surface area contributed by atoms with Crippen LogP contribution in [0.3, 0.4) is 0 Å². The summed E-state index contributed by atoms with van der Waals surface area (Å²) >= 11 is 0. The van der Waals surface area contributed by atoms with Gasteiger partial charge in [-0.05, 0) is 69.2 Å². The van der Waals surface area contributed by atoms with Gasteiger partial charge in [0.15, 0.2) is 0 Å². The lowest BCUT2D eigenvalue weighted by Crippen LogP contribution is -2.34. The summed E-state index contributed by atoms with van der Waals surface area (Å²) in [5.74, 6) is 1.80. The molecule has 0 aromatic rings. The molecule has 0 heterocycles. The summed E-state index contributed by atoms with van der Waals surface area (Å²) in [7, 11) is 7.59. The van der Waals surface area contributed by atoms with Gasteiger partial charge in [0.05, 0.1) is 13.0 Å². The monoisotopic (exact) mass is 679 g/mol. The first-order chi connectivity index (χ1) is 21.5. The summed E-state index contributed by atoms with van der Waals surface area (Å²) in [6, 6.07) is 0. The number of aldehydes is 2. The fraction of sp³-hybridized carbons (Fsp3) is 0.909. The summed E-state index contributed by atoms with van der Waals surface area (Å²) in [5, 5.41) is 9.48. The molecule has 260 valence electrons. The van der Waals surface area contributed by atoms with Gasteiger partial charge in [-0.25, -0.2) is 0 Å². The summed E-state index contributed by atoms with van der Waals surface area (Å²) in [6.45, 7) is 10.4. The van der Waals surface area contributed by atoms with E-state index in [0.717, 1.165) is 57.3 Å². The first-order valence-corrected chi connectivity index (χ1v) is 21.0. The molecule has 44 heavy (non-hydrogen) atoms. The van der Waals surface area contributed by atoms with Crippen molar-refractivity contribution in [2.75, 3.05) is 77.5 Å². The van der Waals surface area contributed by atoms with Gasteiger partial charge in [-0.1, -0.05) is 86.3 Å². The minimum Gasteiger partial charge on any atom is -0.462 e. The number of hydrogen-bond acceptors (Lipinski definition) is 11. The van der Waals surface area contributed by atoms with Crippen molar-refractivity contribution < 1.29 is 24.2 Å². The molecule has 0 aliphatic carbocycles. The number of esters is 1. The van der Waals surface area contributed by atoms with Crippen LogP contribution in [-0.2, 0) is 19.1 Å². The van der Waals surface area contributed by atoms with Gasteiger partial charge in [-0.15, -0.1) is 0 Å². The largest absolute Gasteiger partial charge is 0.462 e. The van der Waals surface area contributed by atoms with E-state index in [0.29, 0.717) is 45.4 Å². The lowest BCUT2D eigenvalue weighted by atomic mass is 10.1. The Labute approximate surface area is 281 Å². The average molecular weight is 680 g/mol. The van der Waals surface area contributed by atoms with Gasteiger partial charge in [-0.2, -0.15) is 0 Å². The van der Waals surface area contributed by atoms with E-state index in [1.54, 1.807) is 10.8 Å². The molecule has 0 fully saturated rings. The zero-order valence-corrected chi connectivity index (χ0v) is 30.7. The van der Waals surface area contributed by atoms with Crippen LogP contribution in [0.15, 0.2) is 0 Å². The van der Waals surface area contributed by atoms with E-state index in [4.69, 9.17) is 4.74 Å². The molecule has 11 heteroatoms. The van der Waals surface area contributed by atoms with E-state index in [-0.39, 0.29) is 18.7 Å². The predicted octanol–water partition coefficient (Wildman–Crippen LogP) is 6.75. The standard InChI is InChI=1S/C33H65N3O5S3/c1-4-5-6-7-8-9-10-11-12-13-30-42-44-43-31-32(2)41-33(40)18-25-36(26-29-39)22-15-20-34(3)19-14-21-35(23-16-27-37)24-17-28-38/h27-28,32,39H,4-26,29-31H2,1-3H3. The molecule has 8 nitrogen and oxygen atoms in total. The van der Waals surface area contributed by atoms with Crippen LogP contribution in [-0.4, -0.2) is 122 Å². The van der Waals surface area contributed by atoms with Crippen LogP contribution in [0.2, 0.25) is 0 Å². The Bertz CT molecular complexity index is 654. The fourth-order valence-corrected chi connectivity index (χ4v) is 8.93. The lowest BCUT2D eigenvalue weighted by Gasteiger charge is -2.24. The van der Waals surface area contributed by atoms with Crippen LogP contribution < -0.4 is 0 Å². The zero-order chi connectivity index (χ0) is 32.5. The van der Waals surface area contributed by atoms with E-state index in [2.05, 4.69) is 28.7 Å². The number of ether oxygens (including phenoxy) is 1. The molecule has 0 radical (unpaired) electrons. The molecule has 0 amide bonds. The molecule has 1 N–H and O–H groups in total. The third-order valence-corrected chi connectivity index (χ3v) is 12.0. The van der Waals surface area contributed by atoms with Crippen molar-refractivity contribution in [2.45, 2.75) is 116 Å². The topological polar surface area (TPSA) is 90.4 Å². The third kappa shape index (κ3) is 30.4. The SMILES string of the molecule is CCCCCCCCCCCCSSSCC(C)OC(=O)CCN(CCO)CCCN(C)CCCN(CCC=O)CCC=O. The molecule has 0 bridgehead atoms. The summed E-state index contributed by atoms with van der Waals surface area (Å²) in [6.07, 6.45) is 18.7. The van der Waals surface area contributed by atoms with E-state index < -0.39 is 0 Å². The summed E-state index contributed by atoms with van der Waals surface area (Å²) in [4.78, 5) is 40.4. The normalized spacial score (nSPS) is 12.3. The Morgan fingerprint density at radius 2 is 1.27 bits per heavy atom. The molecule has 0 rings (SSSR count). The highest BCUT2D eigenvalue weighted by Crippen LogP contribution is 2.35. The molecule has 1 atom stereocenters. The number of aliphatic hydroxyl groups is 1. The highest BCUT2D eigenvalue weighted by Gasteiger charge is 2.13. The number of rotatable bonds is 35. The van der Waals surface area contributed by atoms with Crippen molar-refractivity contribution >= 4 is 50.0 Å². The van der Waals surface area contributed by atoms with Crippen molar-refractivity contribution in [3.05, 3.63) is 0 Å². The van der Waals surface area contributed by atoms with Crippen molar-refractivity contribution in [1.82, 2.24) is 14.7 Å². The molecule has 0 aliphatic heterocycles. The van der Waals surface area contributed by atoms with E-state index in [1.807, 2.05) is 27.5 Å². The Balaban J connectivity index is 3.89. The molecule has 0 saturated carbocycles. The fourth-order valence-electron chi connectivity index (χ4n) is 4.93. The predicted molar refractivity (Wildman–Crippen MR) is 193 cm³/mol. The number of aliphatic hydroxyl groups excluding tert-OH is 1. The van der Waals surface area contributed by atoms with Crippen molar-refractivity contribution in [2.24, 2.45) is 0 Å². The van der Waals surface area contributed by atoms with Gasteiger partial charge in [-0.3, -0.25) is 4.79 Å². The first kappa shape index (κ1) is 43.7. The number of carbonyl (C=O) groups is 3. The molecule has 0 spiro atoms. The minimum atomic E-state index is -0.171. The third-order valence-electron chi connectivity index (χ3n) is 7.52. The molecule has 0 aromatic heterocycles. The van der Waals surface area contributed by atoms with Gasteiger partial charge in [0.1, 0.15) is 18.7 Å². The number of nitrogens with zero attached hydrogens (tertiary/aromatic N) is 3. The average Bonchev–Trinajstić information content (AvgIpc) is 3.01. The Morgan fingerprint density at radius 1 is 0.727 bits per heavy atom. The van der Waals surface area contributed by atoms with E-state index in [1.165, 1.54) is 70.0 Å². The van der Waals surface area contributed by atoms with Gasteiger partial charge in [0, 0.05) is 50.5 Å². The quantitative estimate of drug-likeness (QED) is 0.0334. The highest BCUT2D eigenvalue weighted by atomic mass is 33.5. The summed E-state index contributed by atoms with van der Waals surface area (Å²) < 4.78 is 5.63. The first-order valence-electron chi connectivity index (χ1n) is 17.2. The molecule has 0 aliphatic rings. The van der Waals surface area contributed by atoms with Crippen LogP contribution in [0.25, 0.3) is 0 Å². The second-order valence-electron chi connectivity index (χ2n) is 11.7. The number of carbonyl (C=O) groups excluding carboxylic acids is 3. The molecule has 0 aromatic carbocycles. The Kier molecular flexibility index (Phi) is 33.8. The molecular formula is C33H65N3O5S3. The van der Waals surface area contributed by atoms with Crippen LogP contribution in [0.1, 0.15) is 110 Å². The molecule has 0 saturated heterocycles. The van der Waals surface area contributed by atoms with Gasteiger partial charge in [0.25, 0.3) is 0 Å². The van der Waals surface area contributed by atoms with Gasteiger partial charge in [0.2, 0.25) is 0 Å². The minimum absolute atomic E-state index is 0.0728. The maximum atomic E-state index is 12.4. The molecule has 1 unspecified atom stereocenters. The maximum Gasteiger partial charge on any atom is 0.307 e. The highest BCUT2D eigenvalue weighted by molar-refractivity contribution is 9.09. The van der Waals surface area contributed by atoms with Crippen LogP contribution in [0.4, 0.5) is 0 Å². The lowest BCUT2D eigenvalue weighted by molar-refractivity contribution is -0.147. The smallest absolute Gasteiger partial charge is 0.307 e. The number of unbranched alkanes of at least 4 members (excludes halogenated alkanes) is 9. The van der Waals surface area contributed by atoms with Crippen molar-refractivity contribution in [1.29, 1.82) is 0 Å². The van der Waals surface area contributed by atoms with Gasteiger partial charge >= 0.3 is 5.97 Å². The van der Waals surface area contributed by atoms with E-state index in [9.17, 15) is 19.5 Å². The van der Waals surface area contributed by atoms with Gasteiger partial charge < -0.3 is 34.1 Å². The maximum absolute atomic E-state index is 12.4. The Hall–Kier alpha value is -0.300.